The SMILES string of the molecule is CCNC(Cc1ccc(Br)cc1)c1cccc(Br)c1. The second kappa shape index (κ2) is 7.22. The first-order chi connectivity index (χ1) is 9.19. The van der Waals surface area contributed by atoms with Crippen molar-refractivity contribution in [2.24, 2.45) is 0 Å². The van der Waals surface area contributed by atoms with Crippen molar-refractivity contribution >= 4 is 31.9 Å². The van der Waals surface area contributed by atoms with E-state index in [2.05, 4.69) is 92.6 Å². The summed E-state index contributed by atoms with van der Waals surface area (Å²) in [5, 5.41) is 3.56. The van der Waals surface area contributed by atoms with Gasteiger partial charge >= 0.3 is 0 Å². The molecule has 0 aliphatic carbocycles. The first-order valence-electron chi connectivity index (χ1n) is 6.42. The van der Waals surface area contributed by atoms with Crippen LogP contribution >= 0.6 is 31.9 Å². The fraction of sp³-hybridized carbons (Fsp3) is 0.250. The van der Waals surface area contributed by atoms with Gasteiger partial charge in [-0.2, -0.15) is 0 Å². The van der Waals surface area contributed by atoms with Crippen LogP contribution in [0.25, 0.3) is 0 Å². The van der Waals surface area contributed by atoms with Crippen molar-refractivity contribution in [1.82, 2.24) is 5.32 Å². The Balaban J connectivity index is 2.18. The summed E-state index contributed by atoms with van der Waals surface area (Å²) in [7, 11) is 0. The summed E-state index contributed by atoms with van der Waals surface area (Å²) in [6.45, 7) is 3.11. The van der Waals surface area contributed by atoms with Gasteiger partial charge in [0.2, 0.25) is 0 Å². The molecule has 0 aliphatic rings. The molecule has 0 heterocycles. The third-order valence-electron chi connectivity index (χ3n) is 3.05. The van der Waals surface area contributed by atoms with Crippen molar-refractivity contribution in [3.05, 3.63) is 68.6 Å². The Morgan fingerprint density at radius 1 is 1.00 bits per heavy atom. The third kappa shape index (κ3) is 4.44. The van der Waals surface area contributed by atoms with E-state index in [0.717, 1.165) is 21.9 Å². The predicted octanol–water partition coefficient (Wildman–Crippen LogP) is 5.10. The average Bonchev–Trinajstić information content (AvgIpc) is 2.41. The van der Waals surface area contributed by atoms with Crippen molar-refractivity contribution in [3.8, 4) is 0 Å². The van der Waals surface area contributed by atoms with Crippen LogP contribution in [0.2, 0.25) is 0 Å². The van der Waals surface area contributed by atoms with Crippen LogP contribution in [0.1, 0.15) is 24.1 Å². The lowest BCUT2D eigenvalue weighted by molar-refractivity contribution is 0.549. The molecule has 2 rings (SSSR count). The molecular weight excluding hydrogens is 366 g/mol. The van der Waals surface area contributed by atoms with Crippen LogP contribution < -0.4 is 5.32 Å². The molecule has 0 amide bonds. The standard InChI is InChI=1S/C16H17Br2N/c1-2-19-16(13-4-3-5-15(18)11-13)10-12-6-8-14(17)9-7-12/h3-9,11,16,19H,2,10H2,1H3. The van der Waals surface area contributed by atoms with Crippen molar-refractivity contribution in [1.29, 1.82) is 0 Å². The van der Waals surface area contributed by atoms with Gasteiger partial charge in [0.1, 0.15) is 0 Å². The third-order valence-corrected chi connectivity index (χ3v) is 4.08. The largest absolute Gasteiger partial charge is 0.310 e. The molecule has 19 heavy (non-hydrogen) atoms. The minimum absolute atomic E-state index is 0.351. The Hall–Kier alpha value is -0.640. The monoisotopic (exact) mass is 381 g/mol. The molecule has 3 heteroatoms. The van der Waals surface area contributed by atoms with Crippen molar-refractivity contribution in [3.63, 3.8) is 0 Å². The van der Waals surface area contributed by atoms with Gasteiger partial charge in [-0.3, -0.25) is 0 Å². The Kier molecular flexibility index (Phi) is 5.61. The van der Waals surface area contributed by atoms with E-state index in [9.17, 15) is 0 Å². The lowest BCUT2D eigenvalue weighted by Gasteiger charge is -2.19. The van der Waals surface area contributed by atoms with E-state index in [1.807, 2.05) is 0 Å². The number of benzene rings is 2. The maximum absolute atomic E-state index is 3.56. The molecule has 1 N–H and O–H groups in total. The first-order valence-corrected chi connectivity index (χ1v) is 8.01. The van der Waals surface area contributed by atoms with Crippen molar-refractivity contribution in [2.75, 3.05) is 6.54 Å². The fourth-order valence-corrected chi connectivity index (χ4v) is 2.82. The number of nitrogens with one attached hydrogen (secondary N) is 1. The molecule has 0 bridgehead atoms. The highest BCUT2D eigenvalue weighted by Crippen LogP contribution is 2.22. The van der Waals surface area contributed by atoms with Crippen LogP contribution in [0, 0.1) is 0 Å². The van der Waals surface area contributed by atoms with E-state index in [-0.39, 0.29) is 0 Å². The minimum Gasteiger partial charge on any atom is -0.310 e. The molecule has 0 saturated heterocycles. The van der Waals surface area contributed by atoms with E-state index in [1.165, 1.54) is 11.1 Å². The van der Waals surface area contributed by atoms with Gasteiger partial charge < -0.3 is 5.32 Å². The lowest BCUT2D eigenvalue weighted by atomic mass is 9.99. The second-order valence-electron chi connectivity index (χ2n) is 4.50. The fourth-order valence-electron chi connectivity index (χ4n) is 2.13. The Morgan fingerprint density at radius 2 is 1.74 bits per heavy atom. The number of hydrogen-bond acceptors (Lipinski definition) is 1. The average molecular weight is 383 g/mol. The Labute approximate surface area is 131 Å². The first kappa shape index (κ1) is 14.8. The molecule has 1 unspecified atom stereocenters. The van der Waals surface area contributed by atoms with Crippen LogP contribution in [-0.4, -0.2) is 6.54 Å². The summed E-state index contributed by atoms with van der Waals surface area (Å²) in [4.78, 5) is 0. The molecule has 1 atom stereocenters. The molecule has 0 radical (unpaired) electrons. The van der Waals surface area contributed by atoms with Gasteiger partial charge in [-0.05, 0) is 48.4 Å². The van der Waals surface area contributed by atoms with Crippen LogP contribution in [0.5, 0.6) is 0 Å². The molecule has 100 valence electrons. The highest BCUT2D eigenvalue weighted by molar-refractivity contribution is 9.10. The predicted molar refractivity (Wildman–Crippen MR) is 88.4 cm³/mol. The number of rotatable bonds is 5. The maximum atomic E-state index is 3.56. The summed E-state index contributed by atoms with van der Waals surface area (Å²) in [6.07, 6.45) is 0.998. The molecule has 0 aliphatic heterocycles. The normalized spacial score (nSPS) is 12.4. The number of halogens is 2. The number of likely N-dealkylation sites (N-methyl/N-ethyl adjacent to an activating group) is 1. The molecule has 2 aromatic rings. The summed E-state index contributed by atoms with van der Waals surface area (Å²) < 4.78 is 2.25. The Morgan fingerprint density at radius 3 is 2.37 bits per heavy atom. The Bertz CT molecular complexity index is 523. The molecular formula is C16H17Br2N. The zero-order valence-electron chi connectivity index (χ0n) is 10.9. The van der Waals surface area contributed by atoms with Gasteiger partial charge in [0.05, 0.1) is 0 Å². The van der Waals surface area contributed by atoms with Crippen LogP contribution in [-0.2, 0) is 6.42 Å². The van der Waals surface area contributed by atoms with Crippen molar-refractivity contribution < 1.29 is 0 Å². The zero-order chi connectivity index (χ0) is 13.7. The summed E-state index contributed by atoms with van der Waals surface area (Å²) in [5.41, 5.74) is 2.66. The summed E-state index contributed by atoms with van der Waals surface area (Å²) in [5.74, 6) is 0. The van der Waals surface area contributed by atoms with Gasteiger partial charge in [0.25, 0.3) is 0 Å². The lowest BCUT2D eigenvalue weighted by Crippen LogP contribution is -2.22. The molecule has 2 aromatic carbocycles. The quantitative estimate of drug-likeness (QED) is 0.757. The molecule has 1 nitrogen and oxygen atoms in total. The van der Waals surface area contributed by atoms with E-state index >= 15 is 0 Å². The second-order valence-corrected chi connectivity index (χ2v) is 6.33. The smallest absolute Gasteiger partial charge is 0.0361 e. The van der Waals surface area contributed by atoms with Gasteiger partial charge in [-0.25, -0.2) is 0 Å². The van der Waals surface area contributed by atoms with E-state index in [0.29, 0.717) is 6.04 Å². The van der Waals surface area contributed by atoms with Crippen LogP contribution in [0.3, 0.4) is 0 Å². The van der Waals surface area contributed by atoms with E-state index in [1.54, 1.807) is 0 Å². The van der Waals surface area contributed by atoms with Crippen LogP contribution in [0.15, 0.2) is 57.5 Å². The summed E-state index contributed by atoms with van der Waals surface area (Å²) >= 11 is 7.02. The zero-order valence-corrected chi connectivity index (χ0v) is 14.0. The molecule has 0 spiro atoms. The molecule has 0 aromatic heterocycles. The highest BCUT2D eigenvalue weighted by atomic mass is 79.9. The topological polar surface area (TPSA) is 12.0 Å². The van der Waals surface area contributed by atoms with Crippen molar-refractivity contribution in [2.45, 2.75) is 19.4 Å². The summed E-state index contributed by atoms with van der Waals surface area (Å²) in [6, 6.07) is 17.4. The highest BCUT2D eigenvalue weighted by Gasteiger charge is 2.11. The van der Waals surface area contributed by atoms with Gasteiger partial charge in [-0.15, -0.1) is 0 Å². The number of hydrogen-bond donors (Lipinski definition) is 1. The van der Waals surface area contributed by atoms with Gasteiger partial charge in [0.15, 0.2) is 0 Å². The minimum atomic E-state index is 0.351. The van der Waals surface area contributed by atoms with Gasteiger partial charge in [0, 0.05) is 15.0 Å². The molecule has 0 fully saturated rings. The van der Waals surface area contributed by atoms with Crippen LogP contribution in [0.4, 0.5) is 0 Å². The van der Waals surface area contributed by atoms with E-state index < -0.39 is 0 Å². The molecule has 0 saturated carbocycles. The maximum Gasteiger partial charge on any atom is 0.0361 e. The van der Waals surface area contributed by atoms with E-state index in [4.69, 9.17) is 0 Å². The van der Waals surface area contributed by atoms with Gasteiger partial charge in [-0.1, -0.05) is 63.0 Å².